The summed E-state index contributed by atoms with van der Waals surface area (Å²) in [5, 5.41) is 21.5. The van der Waals surface area contributed by atoms with Gasteiger partial charge in [0.1, 0.15) is 5.82 Å². The number of anilines is 1. The fraction of sp³-hybridized carbons (Fsp3) is 0.250. The number of carbonyl (C=O) groups is 1. The van der Waals surface area contributed by atoms with Crippen molar-refractivity contribution in [3.8, 4) is 5.69 Å². The zero-order chi connectivity index (χ0) is 18.5. The Labute approximate surface area is 148 Å². The fourth-order valence-electron chi connectivity index (χ4n) is 2.44. The van der Waals surface area contributed by atoms with Gasteiger partial charge < -0.3 is 15.4 Å². The first kappa shape index (κ1) is 17.3. The topological polar surface area (TPSA) is 121 Å². The van der Waals surface area contributed by atoms with Crippen LogP contribution in [0, 0.1) is 17.0 Å². The van der Waals surface area contributed by atoms with Gasteiger partial charge in [-0.15, -0.1) is 0 Å². The Morgan fingerprint density at radius 2 is 2.04 bits per heavy atom. The van der Waals surface area contributed by atoms with Crippen LogP contribution in [0.3, 0.4) is 0 Å². The number of aryl methyl sites for hydroxylation is 2. The first-order valence-electron chi connectivity index (χ1n) is 7.99. The lowest BCUT2D eigenvalue weighted by Gasteiger charge is -2.08. The van der Waals surface area contributed by atoms with Gasteiger partial charge in [0.25, 0.3) is 0 Å². The number of rotatable bonds is 7. The third-order valence-corrected chi connectivity index (χ3v) is 3.58. The third kappa shape index (κ3) is 4.09. The van der Waals surface area contributed by atoms with Crippen molar-refractivity contribution < 1.29 is 9.72 Å². The Kier molecular flexibility index (Phi) is 5.02. The van der Waals surface area contributed by atoms with Crippen LogP contribution in [0.15, 0.2) is 42.7 Å². The van der Waals surface area contributed by atoms with Gasteiger partial charge in [0.15, 0.2) is 0 Å². The summed E-state index contributed by atoms with van der Waals surface area (Å²) in [6.45, 7) is 2.22. The molecule has 3 rings (SSSR count). The van der Waals surface area contributed by atoms with Crippen LogP contribution in [0.5, 0.6) is 0 Å². The van der Waals surface area contributed by atoms with Gasteiger partial charge in [-0.3, -0.25) is 4.79 Å². The maximum atomic E-state index is 12.2. The van der Waals surface area contributed by atoms with Crippen molar-refractivity contribution in [3.63, 3.8) is 0 Å². The van der Waals surface area contributed by atoms with E-state index in [1.54, 1.807) is 10.7 Å². The molecule has 0 unspecified atom stereocenters. The summed E-state index contributed by atoms with van der Waals surface area (Å²) in [4.78, 5) is 25.7. The van der Waals surface area contributed by atoms with E-state index in [4.69, 9.17) is 0 Å². The minimum Gasteiger partial charge on any atom is -0.390 e. The summed E-state index contributed by atoms with van der Waals surface area (Å²) in [6.07, 6.45) is 2.00. The van der Waals surface area contributed by atoms with Gasteiger partial charge in [0, 0.05) is 17.6 Å². The summed E-state index contributed by atoms with van der Waals surface area (Å²) in [5.74, 6) is -0.0246. The number of nitrogens with one attached hydrogen (secondary N) is 1. The molecule has 0 aliphatic rings. The molecule has 1 amide bonds. The molecule has 26 heavy (non-hydrogen) atoms. The van der Waals surface area contributed by atoms with E-state index in [0.717, 1.165) is 11.4 Å². The first-order valence-corrected chi connectivity index (χ1v) is 7.99. The van der Waals surface area contributed by atoms with E-state index in [1.807, 2.05) is 37.3 Å². The zero-order valence-electron chi connectivity index (χ0n) is 14.1. The number of aromatic nitrogens is 5. The Hall–Kier alpha value is -3.56. The normalized spacial score (nSPS) is 10.7. The molecule has 0 saturated heterocycles. The van der Waals surface area contributed by atoms with Crippen molar-refractivity contribution in [2.24, 2.45) is 0 Å². The number of para-hydroxylation sites is 1. The molecule has 0 spiro atoms. The lowest BCUT2D eigenvalue weighted by Crippen LogP contribution is -2.15. The molecular weight excluding hydrogens is 338 g/mol. The Morgan fingerprint density at radius 1 is 1.27 bits per heavy atom. The van der Waals surface area contributed by atoms with Crippen molar-refractivity contribution in [1.29, 1.82) is 0 Å². The molecule has 10 nitrogen and oxygen atoms in total. The van der Waals surface area contributed by atoms with Crippen LogP contribution < -0.4 is 5.32 Å². The molecule has 0 bridgehead atoms. The zero-order valence-corrected chi connectivity index (χ0v) is 14.1. The first-order chi connectivity index (χ1) is 12.5. The molecule has 0 aliphatic heterocycles. The average Bonchev–Trinajstić information content (AvgIpc) is 3.22. The van der Waals surface area contributed by atoms with Crippen LogP contribution in [0.2, 0.25) is 0 Å². The smallest absolute Gasteiger partial charge is 0.390 e. The van der Waals surface area contributed by atoms with Crippen LogP contribution >= 0.6 is 0 Å². The third-order valence-electron chi connectivity index (χ3n) is 3.58. The monoisotopic (exact) mass is 355 g/mol. The van der Waals surface area contributed by atoms with Gasteiger partial charge in [-0.25, -0.2) is 4.68 Å². The second-order valence-electron chi connectivity index (χ2n) is 5.63. The number of hydrogen-bond donors (Lipinski definition) is 1. The number of nitrogens with zero attached hydrogens (tertiary/aromatic N) is 6. The summed E-state index contributed by atoms with van der Waals surface area (Å²) in [5.41, 5.74) is 1.64. The predicted molar refractivity (Wildman–Crippen MR) is 92.8 cm³/mol. The minimum absolute atomic E-state index is 0.170. The average molecular weight is 355 g/mol. The van der Waals surface area contributed by atoms with E-state index in [9.17, 15) is 14.9 Å². The summed E-state index contributed by atoms with van der Waals surface area (Å²) >= 11 is 0. The van der Waals surface area contributed by atoms with E-state index in [-0.39, 0.29) is 12.3 Å². The van der Waals surface area contributed by atoms with Crippen LogP contribution in [0.4, 0.5) is 11.8 Å². The van der Waals surface area contributed by atoms with Crippen molar-refractivity contribution in [2.75, 3.05) is 5.32 Å². The highest BCUT2D eigenvalue weighted by molar-refractivity contribution is 5.90. The second kappa shape index (κ2) is 7.55. The highest BCUT2D eigenvalue weighted by Crippen LogP contribution is 2.17. The van der Waals surface area contributed by atoms with Crippen LogP contribution in [0.25, 0.3) is 5.69 Å². The Balaban J connectivity index is 1.57. The molecule has 1 aromatic carbocycles. The molecule has 2 heterocycles. The second-order valence-corrected chi connectivity index (χ2v) is 5.63. The highest BCUT2D eigenvalue weighted by Gasteiger charge is 2.14. The lowest BCUT2D eigenvalue weighted by molar-refractivity contribution is -0.394. The van der Waals surface area contributed by atoms with E-state index in [1.165, 1.54) is 11.0 Å². The number of carbonyl (C=O) groups excluding carboxylic acids is 1. The summed E-state index contributed by atoms with van der Waals surface area (Å²) in [6, 6.07) is 11.3. The quantitative estimate of drug-likeness (QED) is 0.512. The fourth-order valence-corrected chi connectivity index (χ4v) is 2.44. The largest absolute Gasteiger partial charge is 0.490 e. The van der Waals surface area contributed by atoms with Crippen molar-refractivity contribution >= 4 is 17.7 Å². The maximum Gasteiger partial charge on any atom is 0.490 e. The van der Waals surface area contributed by atoms with E-state index < -0.39 is 10.9 Å². The molecule has 0 saturated carbocycles. The minimum atomic E-state index is -0.656. The Bertz CT molecular complexity index is 917. The van der Waals surface area contributed by atoms with Crippen LogP contribution in [-0.2, 0) is 11.3 Å². The van der Waals surface area contributed by atoms with E-state index >= 15 is 0 Å². The van der Waals surface area contributed by atoms with Crippen molar-refractivity contribution in [3.05, 3.63) is 58.5 Å². The van der Waals surface area contributed by atoms with Crippen LogP contribution in [0.1, 0.15) is 18.5 Å². The molecular formula is C16H17N7O3. The lowest BCUT2D eigenvalue weighted by atomic mass is 10.3. The molecule has 0 aliphatic carbocycles. The van der Waals surface area contributed by atoms with E-state index in [2.05, 4.69) is 20.5 Å². The summed E-state index contributed by atoms with van der Waals surface area (Å²) in [7, 11) is 0. The molecule has 134 valence electrons. The molecule has 0 radical (unpaired) electrons. The maximum absolute atomic E-state index is 12.2. The van der Waals surface area contributed by atoms with Gasteiger partial charge in [0.2, 0.25) is 12.2 Å². The number of hydrogen-bond acceptors (Lipinski definition) is 6. The van der Waals surface area contributed by atoms with Gasteiger partial charge in [-0.05, 0) is 30.4 Å². The van der Waals surface area contributed by atoms with Gasteiger partial charge in [-0.2, -0.15) is 9.78 Å². The molecule has 2 aromatic heterocycles. The van der Waals surface area contributed by atoms with Crippen LogP contribution in [-0.4, -0.2) is 35.4 Å². The Morgan fingerprint density at radius 3 is 2.73 bits per heavy atom. The van der Waals surface area contributed by atoms with Gasteiger partial charge >= 0.3 is 5.95 Å². The summed E-state index contributed by atoms with van der Waals surface area (Å²) < 4.78 is 3.03. The molecule has 1 N–H and O–H groups in total. The number of benzene rings is 1. The van der Waals surface area contributed by atoms with Gasteiger partial charge in [0.05, 0.1) is 17.9 Å². The van der Waals surface area contributed by atoms with Crippen molar-refractivity contribution in [2.45, 2.75) is 26.3 Å². The predicted octanol–water partition coefficient (Wildman–Crippen LogP) is 2.10. The molecule has 10 heteroatoms. The van der Waals surface area contributed by atoms with Gasteiger partial charge in [-0.1, -0.05) is 23.2 Å². The standard InChI is InChI=1S/C16H17N7O3/c1-12-10-14(22(19-12)13-6-3-2-4-7-13)18-15(24)8-5-9-21-11-17-16(20-21)23(25)26/h2-4,6-7,10-11H,5,8-9H2,1H3,(H,18,24). The molecule has 0 atom stereocenters. The van der Waals surface area contributed by atoms with Crippen molar-refractivity contribution in [1.82, 2.24) is 24.5 Å². The van der Waals surface area contributed by atoms with E-state index in [0.29, 0.717) is 18.8 Å². The molecule has 0 fully saturated rings. The molecule has 3 aromatic rings. The SMILES string of the molecule is Cc1cc(NC(=O)CCCn2cnc([N+](=O)[O-])n2)n(-c2ccccc2)n1. The highest BCUT2D eigenvalue weighted by atomic mass is 16.6. The number of amides is 1. The number of nitro groups is 1.